The first-order valence-electron chi connectivity index (χ1n) is 5.05. The summed E-state index contributed by atoms with van der Waals surface area (Å²) < 4.78 is 32.5. The number of carbonyl (C=O) groups is 1. The molecule has 0 heterocycles. The minimum Gasteiger partial charge on any atom is -0.446 e. The lowest BCUT2D eigenvalue weighted by Crippen LogP contribution is -2.36. The first-order valence-corrected chi connectivity index (χ1v) is 7.33. The molecule has 0 aliphatic rings. The third kappa shape index (κ3) is 5.37. The molecule has 0 radical (unpaired) electrons. The van der Waals surface area contributed by atoms with Gasteiger partial charge in [-0.2, -0.15) is 8.42 Å². The Labute approximate surface area is 114 Å². The Morgan fingerprint density at radius 3 is 2.33 bits per heavy atom. The summed E-state index contributed by atoms with van der Waals surface area (Å²) in [6.45, 7) is 3.24. The maximum absolute atomic E-state index is 11.5. The van der Waals surface area contributed by atoms with E-state index in [1.54, 1.807) is 42.8 Å². The van der Waals surface area contributed by atoms with E-state index in [9.17, 15) is 13.2 Å². The lowest BCUT2D eigenvalue weighted by molar-refractivity contribution is 0.121. The van der Waals surface area contributed by atoms with E-state index in [4.69, 9.17) is 0 Å². The highest BCUT2D eigenvalue weighted by atomic mass is 79.9. The zero-order valence-corrected chi connectivity index (χ0v) is 12.2. The minimum atomic E-state index is -3.98. The molecule has 18 heavy (non-hydrogen) atoms. The van der Waals surface area contributed by atoms with Gasteiger partial charge in [0.2, 0.25) is 0 Å². The van der Waals surface area contributed by atoms with Crippen LogP contribution in [-0.2, 0) is 14.9 Å². The van der Waals surface area contributed by atoms with E-state index in [-0.39, 0.29) is 0 Å². The third-order valence-corrected chi connectivity index (χ3v) is 3.13. The molecule has 2 N–H and O–H groups in total. The Hall–Kier alpha value is -1.28. The van der Waals surface area contributed by atoms with Crippen LogP contribution in [0.5, 0.6) is 0 Å². The lowest BCUT2D eigenvalue weighted by atomic mass is 10.3. The monoisotopic (exact) mass is 336 g/mol. The first-order chi connectivity index (χ1) is 8.28. The molecule has 0 spiro atoms. The van der Waals surface area contributed by atoms with Gasteiger partial charge in [0.1, 0.15) is 0 Å². The van der Waals surface area contributed by atoms with Gasteiger partial charge in [-0.1, -0.05) is 15.9 Å². The molecule has 0 aromatic heterocycles. The molecule has 0 aliphatic carbocycles. The number of hydrogen-bond acceptors (Lipinski definition) is 4. The Kier molecular flexibility index (Phi) is 4.97. The van der Waals surface area contributed by atoms with Crippen molar-refractivity contribution in [1.82, 2.24) is 4.72 Å². The molecule has 1 amide bonds. The topological polar surface area (TPSA) is 84.5 Å². The van der Waals surface area contributed by atoms with Crippen molar-refractivity contribution in [2.75, 3.05) is 4.72 Å². The van der Waals surface area contributed by atoms with Crippen LogP contribution in [0.25, 0.3) is 0 Å². The number of nitrogens with one attached hydrogen (secondary N) is 2. The van der Waals surface area contributed by atoms with Crippen LogP contribution in [0, 0.1) is 0 Å². The number of carbonyl (C=O) groups excluding carboxylic acids is 1. The number of amides is 1. The Balaban J connectivity index is 2.65. The van der Waals surface area contributed by atoms with E-state index >= 15 is 0 Å². The second-order valence-corrected chi connectivity index (χ2v) is 6.00. The van der Waals surface area contributed by atoms with Crippen LogP contribution in [0.2, 0.25) is 0 Å². The Bertz CT molecular complexity index is 513. The quantitative estimate of drug-likeness (QED) is 0.882. The van der Waals surface area contributed by atoms with Gasteiger partial charge in [0, 0.05) is 4.47 Å². The maximum atomic E-state index is 11.5. The number of rotatable bonds is 4. The predicted molar refractivity (Wildman–Crippen MR) is 71.4 cm³/mol. The van der Waals surface area contributed by atoms with Crippen molar-refractivity contribution < 1.29 is 17.9 Å². The molecule has 8 heteroatoms. The van der Waals surface area contributed by atoms with Gasteiger partial charge in [0.05, 0.1) is 11.8 Å². The van der Waals surface area contributed by atoms with Gasteiger partial charge < -0.3 is 4.74 Å². The minimum absolute atomic E-state index is 0.336. The van der Waals surface area contributed by atoms with Crippen molar-refractivity contribution in [3.05, 3.63) is 28.7 Å². The fraction of sp³-hybridized carbons (Fsp3) is 0.300. The van der Waals surface area contributed by atoms with Gasteiger partial charge in [0.15, 0.2) is 0 Å². The van der Waals surface area contributed by atoms with E-state index in [1.807, 2.05) is 0 Å². The summed E-state index contributed by atoms with van der Waals surface area (Å²) >= 11 is 3.23. The number of anilines is 1. The van der Waals surface area contributed by atoms with E-state index < -0.39 is 22.4 Å². The highest BCUT2D eigenvalue weighted by Crippen LogP contribution is 2.14. The smallest absolute Gasteiger partial charge is 0.422 e. The molecule has 0 saturated heterocycles. The molecule has 0 unspecified atom stereocenters. The molecule has 1 aromatic rings. The molecule has 0 saturated carbocycles. The molecule has 0 fully saturated rings. The van der Waals surface area contributed by atoms with E-state index in [1.165, 1.54) is 0 Å². The summed E-state index contributed by atoms with van der Waals surface area (Å²) in [6.07, 6.45) is -1.41. The van der Waals surface area contributed by atoms with Crippen LogP contribution in [-0.4, -0.2) is 20.6 Å². The van der Waals surface area contributed by atoms with Gasteiger partial charge in [0.25, 0.3) is 0 Å². The average Bonchev–Trinajstić information content (AvgIpc) is 2.18. The van der Waals surface area contributed by atoms with Gasteiger partial charge in [-0.25, -0.2) is 9.52 Å². The maximum Gasteiger partial charge on any atom is 0.422 e. The normalized spacial score (nSPS) is 11.1. The standard InChI is InChI=1S/C10H13BrN2O4S/c1-7(2)17-10(14)13-18(15,16)12-9-5-3-8(11)4-6-9/h3-7,12H,1-2H3,(H,13,14). The lowest BCUT2D eigenvalue weighted by Gasteiger charge is -2.11. The second-order valence-electron chi connectivity index (χ2n) is 3.67. The van der Waals surface area contributed by atoms with Gasteiger partial charge >= 0.3 is 16.3 Å². The summed E-state index contributed by atoms with van der Waals surface area (Å²) in [5.74, 6) is 0. The van der Waals surface area contributed by atoms with E-state index in [0.717, 1.165) is 4.47 Å². The van der Waals surface area contributed by atoms with Crippen molar-refractivity contribution in [3.63, 3.8) is 0 Å². The number of ether oxygens (including phenoxy) is 1. The van der Waals surface area contributed by atoms with Gasteiger partial charge in [-0.3, -0.25) is 4.72 Å². The first kappa shape index (κ1) is 14.8. The average molecular weight is 337 g/mol. The SMILES string of the molecule is CC(C)OC(=O)NS(=O)(=O)Nc1ccc(Br)cc1. The van der Waals surface area contributed by atoms with Crippen LogP contribution >= 0.6 is 15.9 Å². The second kappa shape index (κ2) is 6.05. The highest BCUT2D eigenvalue weighted by Gasteiger charge is 2.16. The van der Waals surface area contributed by atoms with Crippen LogP contribution < -0.4 is 9.44 Å². The summed E-state index contributed by atoms with van der Waals surface area (Å²) in [7, 11) is -3.98. The number of halogens is 1. The number of benzene rings is 1. The molecule has 0 aliphatic heterocycles. The largest absolute Gasteiger partial charge is 0.446 e. The highest BCUT2D eigenvalue weighted by molar-refractivity contribution is 9.10. The van der Waals surface area contributed by atoms with E-state index in [2.05, 4.69) is 25.4 Å². The van der Waals surface area contributed by atoms with Crippen LogP contribution in [0.3, 0.4) is 0 Å². The molecular formula is C10H13BrN2O4S. The third-order valence-electron chi connectivity index (χ3n) is 1.66. The van der Waals surface area contributed by atoms with Crippen LogP contribution in [0.15, 0.2) is 28.7 Å². The predicted octanol–water partition coefficient (Wildman–Crippen LogP) is 2.24. The summed E-state index contributed by atoms with van der Waals surface area (Å²) in [6, 6.07) is 6.45. The molecule has 100 valence electrons. The molecule has 0 atom stereocenters. The van der Waals surface area contributed by atoms with Crippen molar-refractivity contribution in [1.29, 1.82) is 0 Å². The molecule has 6 nitrogen and oxygen atoms in total. The summed E-state index contributed by atoms with van der Waals surface area (Å²) in [4.78, 5) is 11.2. The fourth-order valence-electron chi connectivity index (χ4n) is 1.05. The fourth-order valence-corrected chi connectivity index (χ4v) is 2.08. The summed E-state index contributed by atoms with van der Waals surface area (Å²) in [5, 5.41) is 0. The van der Waals surface area contributed by atoms with Gasteiger partial charge in [-0.15, -0.1) is 0 Å². The van der Waals surface area contributed by atoms with Crippen molar-refractivity contribution >= 4 is 37.9 Å². The molecule has 1 aromatic carbocycles. The number of hydrogen-bond donors (Lipinski definition) is 2. The molecular weight excluding hydrogens is 324 g/mol. The van der Waals surface area contributed by atoms with E-state index in [0.29, 0.717) is 5.69 Å². The van der Waals surface area contributed by atoms with Crippen LogP contribution in [0.4, 0.5) is 10.5 Å². The zero-order valence-electron chi connectivity index (χ0n) is 9.81. The molecule has 0 bridgehead atoms. The van der Waals surface area contributed by atoms with Crippen LogP contribution in [0.1, 0.15) is 13.8 Å². The molecule has 1 rings (SSSR count). The summed E-state index contributed by atoms with van der Waals surface area (Å²) in [5.41, 5.74) is 0.336. The Morgan fingerprint density at radius 1 is 1.28 bits per heavy atom. The Morgan fingerprint density at radius 2 is 1.83 bits per heavy atom. The van der Waals surface area contributed by atoms with Crippen molar-refractivity contribution in [2.45, 2.75) is 20.0 Å². The van der Waals surface area contributed by atoms with Gasteiger partial charge in [-0.05, 0) is 38.1 Å². The zero-order chi connectivity index (χ0) is 13.8. The van der Waals surface area contributed by atoms with Crippen molar-refractivity contribution in [2.24, 2.45) is 0 Å². The van der Waals surface area contributed by atoms with Crippen molar-refractivity contribution in [3.8, 4) is 0 Å².